The Morgan fingerprint density at radius 1 is 0.797 bits per heavy atom. The van der Waals surface area contributed by atoms with Crippen LogP contribution in [-0.4, -0.2) is 86.8 Å². The van der Waals surface area contributed by atoms with Gasteiger partial charge in [0, 0.05) is 61.1 Å². The quantitative estimate of drug-likeness (QED) is 0.0774. The average molecular weight is 965 g/mol. The fourth-order valence-corrected chi connectivity index (χ4v) is 8.65. The number of aromatic nitrogens is 3. The predicted octanol–water partition coefficient (Wildman–Crippen LogP) is 11.0. The number of ketones is 2. The van der Waals surface area contributed by atoms with Crippen LogP contribution in [0.15, 0.2) is 66.7 Å². The van der Waals surface area contributed by atoms with Crippen LogP contribution in [-0.2, 0) is 31.4 Å². The molecule has 6 rings (SSSR count). The molecule has 2 heterocycles. The number of amides is 3. The van der Waals surface area contributed by atoms with Crippen molar-refractivity contribution in [1.82, 2.24) is 25.4 Å². The summed E-state index contributed by atoms with van der Waals surface area (Å²) in [6.07, 6.45) is -2.96. The third-order valence-electron chi connectivity index (χ3n) is 12.3. The molecule has 1 aromatic heterocycles. The number of H-pyrrole nitrogens is 1. The molecule has 18 heteroatoms. The number of ether oxygens (including phenoxy) is 2. The molecule has 0 bridgehead atoms. The zero-order chi connectivity index (χ0) is 50.5. The molecule has 0 radical (unpaired) electrons. The summed E-state index contributed by atoms with van der Waals surface area (Å²) >= 11 is 0. The zero-order valence-corrected chi connectivity index (χ0v) is 40.0. The lowest BCUT2D eigenvalue weighted by molar-refractivity contribution is -0.292. The molecule has 2 aliphatic rings. The SMILES string of the molecule is Cc1cc(C(=O)C[C@@H]2CCN(C(=O)OC(C)(C)C)C2)ccc1-c1ccc(C[C@H](CC(=O)C2CCC(CNC(=O)OC(C)(C)C)CC2)C(=O)Nc2ccc(-c3n[nH]c(C(F)(F)C(F)(F)F)n3)cc2)cc1. The van der Waals surface area contributed by atoms with Crippen LogP contribution < -0.4 is 10.6 Å². The maximum atomic E-state index is 14.0. The molecule has 1 aliphatic carbocycles. The van der Waals surface area contributed by atoms with E-state index >= 15 is 0 Å². The van der Waals surface area contributed by atoms with Crippen molar-refractivity contribution in [3.8, 4) is 22.5 Å². The molecule has 1 aliphatic heterocycles. The van der Waals surface area contributed by atoms with E-state index in [-0.39, 0.29) is 59.5 Å². The number of nitrogens with one attached hydrogen (secondary N) is 3. The number of alkyl carbamates (subject to hydrolysis) is 1. The minimum Gasteiger partial charge on any atom is -0.444 e. The molecule has 2 atom stereocenters. The first-order valence-electron chi connectivity index (χ1n) is 23.2. The van der Waals surface area contributed by atoms with Crippen molar-refractivity contribution in [1.29, 1.82) is 0 Å². The topological polar surface area (TPSA) is 173 Å². The van der Waals surface area contributed by atoms with Gasteiger partial charge in [0.25, 0.3) is 0 Å². The van der Waals surface area contributed by atoms with Gasteiger partial charge in [-0.2, -0.15) is 27.1 Å². The van der Waals surface area contributed by atoms with Crippen molar-refractivity contribution in [2.75, 3.05) is 25.0 Å². The summed E-state index contributed by atoms with van der Waals surface area (Å²) in [5, 5.41) is 10.8. The van der Waals surface area contributed by atoms with Crippen LogP contribution in [0.25, 0.3) is 22.5 Å². The number of alkyl halides is 5. The number of likely N-dealkylation sites (tertiary alicyclic amines) is 1. The smallest absolute Gasteiger partial charge is 0.444 e. The Bertz CT molecular complexity index is 2470. The number of halogens is 5. The van der Waals surface area contributed by atoms with Gasteiger partial charge in [-0.15, -0.1) is 0 Å². The minimum atomic E-state index is -5.88. The highest BCUT2D eigenvalue weighted by Crippen LogP contribution is 2.42. The van der Waals surface area contributed by atoms with Gasteiger partial charge in [-0.1, -0.05) is 36.4 Å². The Kier molecular flexibility index (Phi) is 16.0. The number of hydrogen-bond donors (Lipinski definition) is 3. The number of hydrogen-bond acceptors (Lipinski definition) is 9. The Balaban J connectivity index is 1.11. The van der Waals surface area contributed by atoms with Crippen LogP contribution in [0.5, 0.6) is 0 Å². The molecule has 2 fully saturated rings. The van der Waals surface area contributed by atoms with E-state index in [9.17, 15) is 45.9 Å². The summed E-state index contributed by atoms with van der Waals surface area (Å²) < 4.78 is 77.2. The number of Topliss-reactive ketones (excluding diaryl/α,β-unsaturated/α-hetero) is 2. The highest BCUT2D eigenvalue weighted by Gasteiger charge is 2.61. The third kappa shape index (κ3) is 14.2. The second-order valence-corrected chi connectivity index (χ2v) is 20.3. The van der Waals surface area contributed by atoms with E-state index in [0.29, 0.717) is 63.7 Å². The number of carbonyl (C=O) groups excluding carboxylic acids is 5. The van der Waals surface area contributed by atoms with Gasteiger partial charge in [0.15, 0.2) is 11.6 Å². The molecule has 1 saturated carbocycles. The molecule has 69 heavy (non-hydrogen) atoms. The van der Waals surface area contributed by atoms with Crippen molar-refractivity contribution in [2.24, 2.45) is 23.7 Å². The van der Waals surface area contributed by atoms with Crippen molar-refractivity contribution >= 4 is 35.3 Å². The van der Waals surface area contributed by atoms with E-state index in [1.165, 1.54) is 24.3 Å². The summed E-state index contributed by atoms with van der Waals surface area (Å²) in [6, 6.07) is 18.8. The number of anilines is 1. The monoisotopic (exact) mass is 964 g/mol. The summed E-state index contributed by atoms with van der Waals surface area (Å²) in [6.45, 7) is 14.2. The first-order chi connectivity index (χ1) is 32.2. The Labute approximate surface area is 398 Å². The lowest BCUT2D eigenvalue weighted by atomic mass is 9.77. The number of aryl methyl sites for hydroxylation is 1. The van der Waals surface area contributed by atoms with Gasteiger partial charge in [0.1, 0.15) is 17.0 Å². The molecule has 13 nitrogen and oxygen atoms in total. The van der Waals surface area contributed by atoms with Gasteiger partial charge in [-0.25, -0.2) is 14.6 Å². The fraction of sp³-hybridized carbons (Fsp3) is 0.510. The molecule has 0 unspecified atom stereocenters. The Morgan fingerprint density at radius 2 is 1.43 bits per heavy atom. The molecule has 3 aromatic carbocycles. The first kappa shape index (κ1) is 52.2. The molecular weight excluding hydrogens is 904 g/mol. The second-order valence-electron chi connectivity index (χ2n) is 20.3. The standard InChI is InChI=1S/C51H61F5N6O7/c1-30-24-37(41(63)26-33-22-23-62(29-33)47(67)69-49(5,6)7)18-21-40(30)34-12-8-31(9-13-34)25-38(27-42(64)35-14-10-32(11-15-35)28-57-46(66)68-48(2,3)4)44(65)58-39-19-16-36(17-20-39)43-59-45(61-60-43)50(52,53)51(54,55)56/h8-9,12-13,16-21,24,32-33,35,38H,10-11,14-15,22-23,25-29H2,1-7H3,(H,57,66)(H,58,65)(H,59,60,61)/t32?,33-,35?,38+/m0/s1. The predicted molar refractivity (Wildman–Crippen MR) is 248 cm³/mol. The van der Waals surface area contributed by atoms with E-state index in [1.807, 2.05) is 64.1 Å². The van der Waals surface area contributed by atoms with Gasteiger partial charge in [0.05, 0.1) is 0 Å². The fourth-order valence-electron chi connectivity index (χ4n) is 8.65. The van der Waals surface area contributed by atoms with Crippen molar-refractivity contribution in [2.45, 2.75) is 123 Å². The van der Waals surface area contributed by atoms with Crippen LogP contribution >= 0.6 is 0 Å². The lowest BCUT2D eigenvalue weighted by Gasteiger charge is -2.29. The highest BCUT2D eigenvalue weighted by molar-refractivity contribution is 5.97. The number of benzene rings is 3. The van der Waals surface area contributed by atoms with Crippen molar-refractivity contribution in [3.63, 3.8) is 0 Å². The molecule has 3 N–H and O–H groups in total. The van der Waals surface area contributed by atoms with Gasteiger partial charge in [-0.05, 0) is 151 Å². The largest absolute Gasteiger partial charge is 0.461 e. The minimum absolute atomic E-state index is 0.00503. The van der Waals surface area contributed by atoms with Crippen LogP contribution in [0.4, 0.5) is 37.2 Å². The van der Waals surface area contributed by atoms with Crippen molar-refractivity contribution < 1.29 is 55.4 Å². The molecule has 372 valence electrons. The Hall–Kier alpha value is -6.20. The highest BCUT2D eigenvalue weighted by atomic mass is 19.4. The van der Waals surface area contributed by atoms with Gasteiger partial charge in [-0.3, -0.25) is 19.5 Å². The molecule has 4 aromatic rings. The number of nitrogens with zero attached hydrogens (tertiary/aromatic N) is 3. The number of rotatable bonds is 15. The summed E-state index contributed by atoms with van der Waals surface area (Å²) in [5.74, 6) is -8.69. The Morgan fingerprint density at radius 3 is 2.04 bits per heavy atom. The van der Waals surface area contributed by atoms with Gasteiger partial charge >= 0.3 is 24.3 Å². The maximum Gasteiger partial charge on any atom is 0.461 e. The van der Waals surface area contributed by atoms with Crippen LogP contribution in [0.2, 0.25) is 0 Å². The molecular formula is C51H61F5N6O7. The molecule has 3 amide bonds. The lowest BCUT2D eigenvalue weighted by Crippen LogP contribution is -2.37. The second kappa shape index (κ2) is 21.2. The zero-order valence-electron chi connectivity index (χ0n) is 40.0. The molecule has 0 spiro atoms. The summed E-state index contributed by atoms with van der Waals surface area (Å²) in [5.41, 5.74) is 3.23. The average Bonchev–Trinajstić information content (AvgIpc) is 3.96. The van der Waals surface area contributed by atoms with E-state index in [1.54, 1.807) is 36.8 Å². The van der Waals surface area contributed by atoms with Gasteiger partial charge < -0.3 is 25.0 Å². The number of carbonyl (C=O) groups is 5. The van der Waals surface area contributed by atoms with Crippen LogP contribution in [0.3, 0.4) is 0 Å². The van der Waals surface area contributed by atoms with Gasteiger partial charge in [0.2, 0.25) is 11.7 Å². The van der Waals surface area contributed by atoms with Crippen LogP contribution in [0, 0.1) is 30.6 Å². The van der Waals surface area contributed by atoms with E-state index in [4.69, 9.17) is 9.47 Å². The molecule has 1 saturated heterocycles. The van der Waals surface area contributed by atoms with Crippen LogP contribution in [0.1, 0.15) is 114 Å². The normalized spacial score (nSPS) is 18.3. The van der Waals surface area contributed by atoms with Crippen molar-refractivity contribution in [3.05, 3.63) is 89.2 Å². The maximum absolute atomic E-state index is 14.0. The van der Waals surface area contributed by atoms with E-state index in [0.717, 1.165) is 22.3 Å². The van der Waals surface area contributed by atoms with E-state index < -0.39 is 52.9 Å². The number of aromatic amines is 1. The third-order valence-corrected chi connectivity index (χ3v) is 12.3. The van der Waals surface area contributed by atoms with E-state index in [2.05, 4.69) is 20.7 Å². The summed E-state index contributed by atoms with van der Waals surface area (Å²) in [7, 11) is 0. The first-order valence-corrected chi connectivity index (χ1v) is 23.2. The summed E-state index contributed by atoms with van der Waals surface area (Å²) in [4.78, 5) is 71.1.